The number of hydrogen-bond acceptors (Lipinski definition) is 5. The molecule has 1 amide bonds. The van der Waals surface area contributed by atoms with Gasteiger partial charge in [-0.05, 0) is 42.1 Å². The van der Waals surface area contributed by atoms with E-state index in [0.29, 0.717) is 5.56 Å². The van der Waals surface area contributed by atoms with Crippen LogP contribution in [0.15, 0.2) is 42.5 Å². The maximum Gasteiger partial charge on any atom is 0.411 e. The van der Waals surface area contributed by atoms with Crippen molar-refractivity contribution < 1.29 is 18.8 Å². The van der Waals surface area contributed by atoms with Gasteiger partial charge >= 0.3 is 6.09 Å². The number of anilines is 2. The summed E-state index contributed by atoms with van der Waals surface area (Å²) in [5, 5.41) is 14.7. The Morgan fingerprint density at radius 1 is 1.27 bits per heavy atom. The van der Waals surface area contributed by atoms with Gasteiger partial charge in [-0.3, -0.25) is 15.4 Å². The van der Waals surface area contributed by atoms with Crippen LogP contribution in [0.3, 0.4) is 0 Å². The zero-order chi connectivity index (χ0) is 19.3. The Bertz CT molecular complexity index is 816. The summed E-state index contributed by atoms with van der Waals surface area (Å²) in [6, 6.07) is 9.12. The molecule has 0 aliphatic rings. The molecule has 0 bridgehead atoms. The highest BCUT2D eigenvalue weighted by Crippen LogP contribution is 2.30. The fourth-order valence-electron chi connectivity index (χ4n) is 2.18. The van der Waals surface area contributed by atoms with E-state index >= 15 is 0 Å². The Kier molecular flexibility index (Phi) is 5.86. The summed E-state index contributed by atoms with van der Waals surface area (Å²) >= 11 is 0. The molecule has 130 valence electrons. The van der Waals surface area contributed by atoms with Crippen LogP contribution in [-0.4, -0.2) is 33.3 Å². The highest BCUT2D eigenvalue weighted by Gasteiger charge is 2.22. The van der Waals surface area contributed by atoms with E-state index in [9.17, 15) is 19.3 Å². The summed E-state index contributed by atoms with van der Waals surface area (Å²) in [5.74, 6) is -0.449. The van der Waals surface area contributed by atoms with E-state index in [-0.39, 0.29) is 23.7 Å². The second kappa shape index (κ2) is 7.90. The van der Waals surface area contributed by atoms with Gasteiger partial charge in [-0.25, -0.2) is 9.18 Å². The number of carbonyl (C=O) groups excluding carboxylic acids is 1. The highest BCUT2D eigenvalue weighted by atomic mass is 19.1. The first-order valence-corrected chi connectivity index (χ1v) is 7.57. The molecule has 2 aromatic rings. The van der Waals surface area contributed by atoms with E-state index in [4.69, 9.17) is 20.4 Å². The predicted molar refractivity (Wildman–Crippen MR) is 96.9 cm³/mol. The molecule has 26 heavy (non-hydrogen) atoms. The monoisotopic (exact) mass is 353 g/mol. The van der Waals surface area contributed by atoms with Crippen LogP contribution in [0.1, 0.15) is 12.5 Å². The summed E-state index contributed by atoms with van der Waals surface area (Å²) < 4.78 is 17.7. The van der Waals surface area contributed by atoms with E-state index < -0.39 is 22.2 Å². The smallest absolute Gasteiger partial charge is 0.411 e. The molecule has 2 N–H and O–H groups in total. The average molecular weight is 353 g/mol. The minimum atomic E-state index is -1.60. The summed E-state index contributed by atoms with van der Waals surface area (Å²) in [7, 11) is 12.0. The van der Waals surface area contributed by atoms with Crippen LogP contribution >= 0.6 is 0 Å². The topological polar surface area (TPSA) is 93.5 Å². The first-order chi connectivity index (χ1) is 12.2. The van der Waals surface area contributed by atoms with Crippen molar-refractivity contribution >= 4 is 38.8 Å². The number of ether oxygens (including phenoxy) is 1. The molecule has 4 radical (unpaired) electrons. The Morgan fingerprint density at radius 2 is 1.92 bits per heavy atom. The van der Waals surface area contributed by atoms with Gasteiger partial charge in [0.2, 0.25) is 0 Å². The highest BCUT2D eigenvalue weighted by molar-refractivity contribution is 6.41. The lowest BCUT2D eigenvalue weighted by molar-refractivity contribution is -0.383. The molecule has 0 saturated carbocycles. The number of benzene rings is 2. The number of amides is 1. The van der Waals surface area contributed by atoms with E-state index in [1.807, 2.05) is 0 Å². The normalized spacial score (nSPS) is 10.8. The Balaban J connectivity index is 2.27. The van der Waals surface area contributed by atoms with Crippen LogP contribution in [0.25, 0.3) is 0 Å². The van der Waals surface area contributed by atoms with Crippen LogP contribution in [0.5, 0.6) is 0 Å². The standard InChI is InChI=1S/C16H14B2FN3O4/c1-2-26-15(23)20-13-8-7-12(9-14(13)22(24)25)21-16(17,18)10-3-5-11(19)6-4-10/h3-9,21H,2H2,1H3,(H,20,23). The molecule has 0 aliphatic heterocycles. The van der Waals surface area contributed by atoms with Crippen molar-refractivity contribution in [1.82, 2.24) is 0 Å². The summed E-state index contributed by atoms with van der Waals surface area (Å²) in [6.07, 6.45) is -0.811. The van der Waals surface area contributed by atoms with Crippen LogP contribution in [0, 0.1) is 15.9 Å². The van der Waals surface area contributed by atoms with Crippen LogP contribution in [0.2, 0.25) is 0 Å². The van der Waals surface area contributed by atoms with Gasteiger partial charge in [-0.2, -0.15) is 0 Å². The number of nitro benzene ring substituents is 1. The number of nitrogens with one attached hydrogen (secondary N) is 2. The Hall–Kier alpha value is -3.03. The molecule has 0 aliphatic carbocycles. The van der Waals surface area contributed by atoms with Crippen molar-refractivity contribution in [2.75, 3.05) is 17.2 Å². The quantitative estimate of drug-likeness (QED) is 0.473. The molecule has 0 saturated heterocycles. The van der Waals surface area contributed by atoms with E-state index in [1.165, 1.54) is 42.5 Å². The van der Waals surface area contributed by atoms with Gasteiger partial charge in [0.05, 0.1) is 27.2 Å². The minimum absolute atomic E-state index is 0.0413. The first kappa shape index (κ1) is 19.3. The summed E-state index contributed by atoms with van der Waals surface area (Å²) in [5.41, 5.74) is 0.189. The molecule has 0 unspecified atom stereocenters. The SMILES string of the molecule is [B]C([B])(Nc1ccc(NC(=O)OCC)c([N+](=O)[O-])c1)c1ccc(F)cc1. The van der Waals surface area contributed by atoms with Gasteiger partial charge < -0.3 is 10.1 Å². The van der Waals surface area contributed by atoms with Gasteiger partial charge in [-0.15, -0.1) is 0 Å². The van der Waals surface area contributed by atoms with Gasteiger partial charge in [-0.1, -0.05) is 12.1 Å². The molecule has 0 fully saturated rings. The third kappa shape index (κ3) is 4.75. The maximum atomic E-state index is 13.0. The van der Waals surface area contributed by atoms with E-state index in [0.717, 1.165) is 0 Å². The van der Waals surface area contributed by atoms with Crippen LogP contribution < -0.4 is 10.6 Å². The van der Waals surface area contributed by atoms with E-state index in [1.54, 1.807) is 6.92 Å². The molecule has 2 rings (SSSR count). The number of carbonyl (C=O) groups is 1. The molecular weight excluding hydrogens is 339 g/mol. The van der Waals surface area contributed by atoms with Crippen LogP contribution in [-0.2, 0) is 10.1 Å². The number of hydrogen-bond donors (Lipinski definition) is 2. The summed E-state index contributed by atoms with van der Waals surface area (Å²) in [4.78, 5) is 22.1. The van der Waals surface area contributed by atoms with Crippen molar-refractivity contribution in [3.63, 3.8) is 0 Å². The fraction of sp³-hybridized carbons (Fsp3) is 0.188. The third-order valence-corrected chi connectivity index (χ3v) is 3.38. The van der Waals surface area contributed by atoms with Crippen molar-refractivity contribution in [3.8, 4) is 0 Å². The zero-order valence-electron chi connectivity index (χ0n) is 13.9. The van der Waals surface area contributed by atoms with Gasteiger partial charge in [0.15, 0.2) is 0 Å². The molecule has 0 heterocycles. The van der Waals surface area contributed by atoms with Crippen molar-refractivity contribution in [2.24, 2.45) is 0 Å². The van der Waals surface area contributed by atoms with Crippen molar-refractivity contribution in [1.29, 1.82) is 0 Å². The maximum absolute atomic E-state index is 13.0. The molecule has 10 heteroatoms. The molecular formula is C16H14B2FN3O4. The largest absolute Gasteiger partial charge is 0.450 e. The Labute approximate surface area is 151 Å². The van der Waals surface area contributed by atoms with Crippen molar-refractivity contribution in [3.05, 3.63) is 64.0 Å². The fourth-order valence-corrected chi connectivity index (χ4v) is 2.18. The lowest BCUT2D eigenvalue weighted by Gasteiger charge is -2.29. The first-order valence-electron chi connectivity index (χ1n) is 7.57. The van der Waals surface area contributed by atoms with Crippen LogP contribution in [0.4, 0.5) is 26.2 Å². The van der Waals surface area contributed by atoms with Gasteiger partial charge in [0.1, 0.15) is 11.5 Å². The second-order valence-corrected chi connectivity index (χ2v) is 5.34. The number of nitrogens with zero attached hydrogens (tertiary/aromatic N) is 1. The molecule has 0 spiro atoms. The molecule has 7 nitrogen and oxygen atoms in total. The third-order valence-electron chi connectivity index (χ3n) is 3.38. The Morgan fingerprint density at radius 3 is 2.50 bits per heavy atom. The lowest BCUT2D eigenvalue weighted by Crippen LogP contribution is -2.36. The molecule has 2 aromatic carbocycles. The molecule has 0 atom stereocenters. The number of rotatable bonds is 6. The predicted octanol–water partition coefficient (Wildman–Crippen LogP) is 2.86. The van der Waals surface area contributed by atoms with Gasteiger partial charge in [0.25, 0.3) is 5.69 Å². The molecule has 0 aromatic heterocycles. The number of halogens is 1. The van der Waals surface area contributed by atoms with Crippen molar-refractivity contribution in [2.45, 2.75) is 12.3 Å². The second-order valence-electron chi connectivity index (χ2n) is 5.34. The average Bonchev–Trinajstić information content (AvgIpc) is 2.56. The zero-order valence-corrected chi connectivity index (χ0v) is 13.9. The minimum Gasteiger partial charge on any atom is -0.450 e. The number of nitro groups is 1. The van der Waals surface area contributed by atoms with Gasteiger partial charge in [0, 0.05) is 11.8 Å². The lowest BCUT2D eigenvalue weighted by atomic mass is 9.58. The summed E-state index contributed by atoms with van der Waals surface area (Å²) in [6.45, 7) is 1.73. The van der Waals surface area contributed by atoms with E-state index in [2.05, 4.69) is 10.6 Å².